The minimum Gasteiger partial charge on any atom is -0.322 e. The Balaban J connectivity index is 1.78. The van der Waals surface area contributed by atoms with Crippen molar-refractivity contribution in [3.8, 4) is 0 Å². The van der Waals surface area contributed by atoms with Crippen LogP contribution in [0.15, 0.2) is 48.7 Å². The molecule has 3 aromatic rings. The van der Waals surface area contributed by atoms with Crippen LogP contribution in [-0.2, 0) is 6.54 Å². The van der Waals surface area contributed by atoms with Crippen LogP contribution in [0.25, 0.3) is 11.0 Å². The zero-order valence-electron chi connectivity index (χ0n) is 13.5. The highest BCUT2D eigenvalue weighted by atomic mass is 15.1. The quantitative estimate of drug-likeness (QED) is 0.744. The summed E-state index contributed by atoms with van der Waals surface area (Å²) in [7, 11) is 2.21. The molecule has 3 heterocycles. The van der Waals surface area contributed by atoms with Gasteiger partial charge in [-0.05, 0) is 50.7 Å². The Morgan fingerprint density at radius 3 is 2.83 bits per heavy atom. The van der Waals surface area contributed by atoms with Gasteiger partial charge in [0.25, 0.3) is 0 Å². The van der Waals surface area contributed by atoms with Crippen LogP contribution in [0.1, 0.15) is 30.3 Å². The van der Waals surface area contributed by atoms with E-state index < -0.39 is 0 Å². The number of hydrogen-bond acceptors (Lipinski definition) is 3. The zero-order valence-corrected chi connectivity index (χ0v) is 13.5. The van der Waals surface area contributed by atoms with Crippen LogP contribution in [-0.4, -0.2) is 39.6 Å². The number of likely N-dealkylation sites (tertiary alicyclic amines) is 1. The van der Waals surface area contributed by atoms with Gasteiger partial charge in [-0.1, -0.05) is 18.2 Å². The lowest BCUT2D eigenvalue weighted by Crippen LogP contribution is -2.32. The Bertz CT molecular complexity index is 793. The Hall–Kier alpha value is -2.20. The molecule has 0 radical (unpaired) electrons. The number of imidazole rings is 1. The highest BCUT2D eigenvalue weighted by Crippen LogP contribution is 2.29. The Morgan fingerprint density at radius 2 is 2.00 bits per heavy atom. The first kappa shape index (κ1) is 14.4. The van der Waals surface area contributed by atoms with Gasteiger partial charge in [-0.3, -0.25) is 4.98 Å². The number of likely N-dealkylation sites (N-methyl/N-ethyl adjacent to an activating group) is 1. The largest absolute Gasteiger partial charge is 0.322 e. The fourth-order valence-corrected chi connectivity index (χ4v) is 3.60. The van der Waals surface area contributed by atoms with E-state index in [0.29, 0.717) is 5.92 Å². The standard InChI is InChI=1S/C19H22N4/c1-22-12-6-7-15(13-22)19-21-17-9-2-3-10-18(17)23(19)14-16-8-4-5-11-20-16/h2-5,8-11,15H,6-7,12-14H2,1H3/t15-/m0/s1. The molecule has 0 unspecified atom stereocenters. The van der Waals surface area contributed by atoms with E-state index in [4.69, 9.17) is 4.98 Å². The van der Waals surface area contributed by atoms with Crippen molar-refractivity contribution in [1.82, 2.24) is 19.4 Å². The monoisotopic (exact) mass is 306 g/mol. The molecule has 0 aliphatic carbocycles. The maximum atomic E-state index is 4.98. The SMILES string of the molecule is CN1CCC[C@H](c2nc3ccccc3n2Cc2ccccn2)C1. The van der Waals surface area contributed by atoms with Gasteiger partial charge in [0.2, 0.25) is 0 Å². The first-order valence-corrected chi connectivity index (χ1v) is 8.35. The Morgan fingerprint density at radius 1 is 1.13 bits per heavy atom. The molecule has 0 amide bonds. The molecule has 1 fully saturated rings. The van der Waals surface area contributed by atoms with Crippen molar-refractivity contribution < 1.29 is 0 Å². The van der Waals surface area contributed by atoms with Gasteiger partial charge in [-0.15, -0.1) is 0 Å². The molecule has 118 valence electrons. The van der Waals surface area contributed by atoms with E-state index in [1.54, 1.807) is 0 Å². The van der Waals surface area contributed by atoms with Gasteiger partial charge in [0, 0.05) is 18.7 Å². The number of aromatic nitrogens is 3. The summed E-state index contributed by atoms with van der Waals surface area (Å²) in [5, 5.41) is 0. The molecule has 1 aliphatic heterocycles. The molecule has 2 aromatic heterocycles. The van der Waals surface area contributed by atoms with Crippen LogP contribution in [0.2, 0.25) is 0 Å². The third-order valence-corrected chi connectivity index (χ3v) is 4.72. The number of fused-ring (bicyclic) bond motifs is 1. The summed E-state index contributed by atoms with van der Waals surface area (Å²) >= 11 is 0. The molecule has 4 rings (SSSR count). The molecular weight excluding hydrogens is 284 g/mol. The summed E-state index contributed by atoms with van der Waals surface area (Å²) in [6.07, 6.45) is 4.33. The average molecular weight is 306 g/mol. The van der Waals surface area contributed by atoms with Crippen molar-refractivity contribution in [2.75, 3.05) is 20.1 Å². The number of rotatable bonds is 3. The van der Waals surface area contributed by atoms with Gasteiger partial charge < -0.3 is 9.47 Å². The van der Waals surface area contributed by atoms with Crippen molar-refractivity contribution in [3.63, 3.8) is 0 Å². The normalized spacial score (nSPS) is 19.3. The Kier molecular flexibility index (Phi) is 3.83. The Labute approximate surface area is 136 Å². The zero-order chi connectivity index (χ0) is 15.6. The van der Waals surface area contributed by atoms with Crippen LogP contribution in [0.5, 0.6) is 0 Å². The third-order valence-electron chi connectivity index (χ3n) is 4.72. The summed E-state index contributed by atoms with van der Waals surface area (Å²) in [6, 6.07) is 14.5. The molecule has 23 heavy (non-hydrogen) atoms. The fraction of sp³-hybridized carbons (Fsp3) is 0.368. The van der Waals surface area contributed by atoms with Crippen molar-refractivity contribution >= 4 is 11.0 Å². The minimum absolute atomic E-state index is 0.505. The van der Waals surface area contributed by atoms with Crippen LogP contribution in [0.3, 0.4) is 0 Å². The van der Waals surface area contributed by atoms with Crippen molar-refractivity contribution in [1.29, 1.82) is 0 Å². The first-order chi connectivity index (χ1) is 11.3. The van der Waals surface area contributed by atoms with E-state index in [9.17, 15) is 0 Å². The molecule has 1 aromatic carbocycles. The van der Waals surface area contributed by atoms with Crippen molar-refractivity contribution in [2.45, 2.75) is 25.3 Å². The van der Waals surface area contributed by atoms with Gasteiger partial charge in [0.05, 0.1) is 23.3 Å². The van der Waals surface area contributed by atoms with Crippen LogP contribution >= 0.6 is 0 Å². The van der Waals surface area contributed by atoms with Gasteiger partial charge in [-0.2, -0.15) is 0 Å². The summed E-state index contributed by atoms with van der Waals surface area (Å²) in [5.41, 5.74) is 3.38. The summed E-state index contributed by atoms with van der Waals surface area (Å²) in [5.74, 6) is 1.72. The maximum absolute atomic E-state index is 4.98. The van der Waals surface area contributed by atoms with E-state index >= 15 is 0 Å². The predicted molar refractivity (Wildman–Crippen MR) is 92.5 cm³/mol. The molecule has 0 N–H and O–H groups in total. The second-order valence-corrected chi connectivity index (χ2v) is 6.47. The van der Waals surface area contributed by atoms with E-state index in [0.717, 1.165) is 24.3 Å². The molecule has 1 saturated heterocycles. The highest BCUT2D eigenvalue weighted by Gasteiger charge is 2.24. The number of hydrogen-bond donors (Lipinski definition) is 0. The summed E-state index contributed by atoms with van der Waals surface area (Å²) in [6.45, 7) is 3.07. The second-order valence-electron chi connectivity index (χ2n) is 6.47. The van der Waals surface area contributed by atoms with Gasteiger partial charge in [0.1, 0.15) is 5.82 Å². The topological polar surface area (TPSA) is 34.0 Å². The molecular formula is C19H22N4. The lowest BCUT2D eigenvalue weighted by Gasteiger charge is -2.29. The average Bonchev–Trinajstić information content (AvgIpc) is 2.95. The molecule has 1 aliphatic rings. The van der Waals surface area contributed by atoms with Crippen LogP contribution in [0.4, 0.5) is 0 Å². The molecule has 4 nitrogen and oxygen atoms in total. The fourth-order valence-electron chi connectivity index (χ4n) is 3.60. The van der Waals surface area contributed by atoms with E-state index in [-0.39, 0.29) is 0 Å². The summed E-state index contributed by atoms with van der Waals surface area (Å²) < 4.78 is 2.36. The lowest BCUT2D eigenvalue weighted by molar-refractivity contribution is 0.243. The molecule has 1 atom stereocenters. The molecule has 0 spiro atoms. The van der Waals surface area contributed by atoms with E-state index in [2.05, 4.69) is 57.9 Å². The van der Waals surface area contributed by atoms with E-state index in [1.807, 2.05) is 12.3 Å². The predicted octanol–water partition coefficient (Wildman–Crippen LogP) is 3.29. The van der Waals surface area contributed by atoms with Crippen LogP contribution < -0.4 is 0 Å². The molecule has 0 saturated carbocycles. The van der Waals surface area contributed by atoms with Crippen LogP contribution in [0, 0.1) is 0 Å². The number of nitrogens with zero attached hydrogens (tertiary/aromatic N) is 4. The van der Waals surface area contributed by atoms with Gasteiger partial charge in [-0.25, -0.2) is 4.98 Å². The van der Waals surface area contributed by atoms with Gasteiger partial charge >= 0.3 is 0 Å². The first-order valence-electron chi connectivity index (χ1n) is 8.35. The summed E-state index contributed by atoms with van der Waals surface area (Å²) in [4.78, 5) is 11.9. The molecule has 0 bridgehead atoms. The number of para-hydroxylation sites is 2. The lowest BCUT2D eigenvalue weighted by atomic mass is 9.97. The third kappa shape index (κ3) is 2.86. The molecule has 4 heteroatoms. The number of benzene rings is 1. The minimum atomic E-state index is 0.505. The van der Waals surface area contributed by atoms with Gasteiger partial charge in [0.15, 0.2) is 0 Å². The second kappa shape index (κ2) is 6.13. The number of piperidine rings is 1. The van der Waals surface area contributed by atoms with E-state index in [1.165, 1.54) is 30.7 Å². The van der Waals surface area contributed by atoms with Crippen molar-refractivity contribution in [2.24, 2.45) is 0 Å². The number of pyridine rings is 1. The smallest absolute Gasteiger partial charge is 0.114 e. The van der Waals surface area contributed by atoms with Crippen molar-refractivity contribution in [3.05, 3.63) is 60.2 Å². The maximum Gasteiger partial charge on any atom is 0.114 e. The highest BCUT2D eigenvalue weighted by molar-refractivity contribution is 5.76.